The number of nitrogens with zero attached hydrogens (tertiary/aromatic N) is 3. The SMILES string of the molecule is CSc1ncc2c(n1)N(C)C(=O)C(c1ccccc1Cl)C2=O. The van der Waals surface area contributed by atoms with Gasteiger partial charge < -0.3 is 0 Å². The minimum Gasteiger partial charge on any atom is -0.298 e. The fourth-order valence-electron chi connectivity index (χ4n) is 2.43. The third kappa shape index (κ3) is 2.28. The number of thioether (sulfide) groups is 1. The second-order valence-corrected chi connectivity index (χ2v) is 5.99. The zero-order valence-electron chi connectivity index (χ0n) is 11.9. The fourth-order valence-corrected chi connectivity index (χ4v) is 3.01. The van der Waals surface area contributed by atoms with Gasteiger partial charge in [-0.25, -0.2) is 9.97 Å². The van der Waals surface area contributed by atoms with Crippen LogP contribution in [0.2, 0.25) is 5.02 Å². The number of halogens is 1. The first-order valence-electron chi connectivity index (χ1n) is 6.52. The van der Waals surface area contributed by atoms with Crippen LogP contribution in [0.4, 0.5) is 5.82 Å². The lowest BCUT2D eigenvalue weighted by atomic mass is 9.87. The summed E-state index contributed by atoms with van der Waals surface area (Å²) < 4.78 is 0. The number of Topliss-reactive ketones (excluding diaryl/α,β-unsaturated/α-hetero) is 1. The Bertz CT molecular complexity index is 781. The van der Waals surface area contributed by atoms with Crippen molar-refractivity contribution < 1.29 is 9.59 Å². The number of amides is 1. The number of carbonyl (C=O) groups excluding carboxylic acids is 2. The Labute approximate surface area is 136 Å². The predicted molar refractivity (Wildman–Crippen MR) is 85.7 cm³/mol. The molecule has 0 saturated carbocycles. The first kappa shape index (κ1) is 15.0. The molecular formula is C15H12ClN3O2S. The maximum absolute atomic E-state index is 12.7. The van der Waals surface area contributed by atoms with Gasteiger partial charge in [0.25, 0.3) is 0 Å². The molecule has 3 rings (SSSR count). The first-order valence-corrected chi connectivity index (χ1v) is 8.12. The molecule has 22 heavy (non-hydrogen) atoms. The number of likely N-dealkylation sites (N-methyl/N-ethyl adjacent to an activating group) is 1. The maximum atomic E-state index is 12.7. The summed E-state index contributed by atoms with van der Waals surface area (Å²) >= 11 is 7.51. The standard InChI is InChI=1S/C15H12ClN3O2S/c1-19-13-9(7-17-15(18-13)22-2)12(20)11(14(19)21)8-5-3-4-6-10(8)16/h3-7,11H,1-2H3. The topological polar surface area (TPSA) is 63.2 Å². The predicted octanol–water partition coefficient (Wildman–Crippen LogP) is 2.79. The zero-order valence-corrected chi connectivity index (χ0v) is 13.5. The molecule has 1 amide bonds. The van der Waals surface area contributed by atoms with E-state index >= 15 is 0 Å². The van der Waals surface area contributed by atoms with Gasteiger partial charge in [0.15, 0.2) is 16.8 Å². The van der Waals surface area contributed by atoms with Crippen LogP contribution < -0.4 is 4.90 Å². The third-order valence-corrected chi connectivity index (χ3v) is 4.47. The molecule has 1 atom stereocenters. The van der Waals surface area contributed by atoms with Crippen molar-refractivity contribution in [3.05, 3.63) is 46.6 Å². The molecule has 0 N–H and O–H groups in total. The molecule has 0 bridgehead atoms. The first-order chi connectivity index (χ1) is 10.5. The van der Waals surface area contributed by atoms with E-state index in [4.69, 9.17) is 11.6 Å². The van der Waals surface area contributed by atoms with E-state index in [0.717, 1.165) is 0 Å². The number of rotatable bonds is 2. The molecule has 0 spiro atoms. The number of hydrogen-bond acceptors (Lipinski definition) is 5. The molecule has 0 saturated heterocycles. The Balaban J connectivity index is 2.15. The summed E-state index contributed by atoms with van der Waals surface area (Å²) in [5.74, 6) is -1.26. The van der Waals surface area contributed by atoms with Gasteiger partial charge in [-0.15, -0.1) is 0 Å². The van der Waals surface area contributed by atoms with Crippen molar-refractivity contribution in [3.8, 4) is 0 Å². The van der Waals surface area contributed by atoms with E-state index in [0.29, 0.717) is 27.1 Å². The van der Waals surface area contributed by atoms with Crippen molar-refractivity contribution in [3.63, 3.8) is 0 Å². The second-order valence-electron chi connectivity index (χ2n) is 4.81. The molecule has 0 aliphatic carbocycles. The lowest BCUT2D eigenvalue weighted by Gasteiger charge is -2.29. The molecule has 1 unspecified atom stereocenters. The van der Waals surface area contributed by atoms with Crippen LogP contribution in [0.1, 0.15) is 21.8 Å². The van der Waals surface area contributed by atoms with E-state index in [1.807, 2.05) is 6.26 Å². The summed E-state index contributed by atoms with van der Waals surface area (Å²) in [6.45, 7) is 0. The van der Waals surface area contributed by atoms with Gasteiger partial charge in [0.2, 0.25) is 5.91 Å². The van der Waals surface area contributed by atoms with E-state index in [2.05, 4.69) is 9.97 Å². The molecule has 1 aromatic carbocycles. The molecule has 1 aliphatic rings. The Morgan fingerprint density at radius 1 is 1.27 bits per heavy atom. The number of benzene rings is 1. The number of fused-ring (bicyclic) bond motifs is 1. The summed E-state index contributed by atoms with van der Waals surface area (Å²) in [4.78, 5) is 35.2. The third-order valence-electron chi connectivity index (χ3n) is 3.57. The maximum Gasteiger partial charge on any atom is 0.243 e. The van der Waals surface area contributed by atoms with E-state index in [1.165, 1.54) is 22.9 Å². The van der Waals surface area contributed by atoms with Crippen molar-refractivity contribution in [1.82, 2.24) is 9.97 Å². The lowest BCUT2D eigenvalue weighted by Crippen LogP contribution is -2.41. The van der Waals surface area contributed by atoms with E-state index in [1.54, 1.807) is 31.3 Å². The van der Waals surface area contributed by atoms with Crippen LogP contribution in [0, 0.1) is 0 Å². The number of anilines is 1. The van der Waals surface area contributed by atoms with Crippen molar-refractivity contribution >= 4 is 40.9 Å². The highest BCUT2D eigenvalue weighted by Crippen LogP contribution is 2.36. The van der Waals surface area contributed by atoms with E-state index < -0.39 is 5.92 Å². The van der Waals surface area contributed by atoms with Crippen LogP contribution >= 0.6 is 23.4 Å². The van der Waals surface area contributed by atoms with E-state index in [-0.39, 0.29) is 11.7 Å². The Hall–Kier alpha value is -1.92. The molecule has 2 aromatic rings. The molecule has 1 aliphatic heterocycles. The number of carbonyl (C=O) groups is 2. The number of ketones is 1. The van der Waals surface area contributed by atoms with Gasteiger partial charge >= 0.3 is 0 Å². The van der Waals surface area contributed by atoms with Crippen molar-refractivity contribution in [2.75, 3.05) is 18.2 Å². The zero-order chi connectivity index (χ0) is 15.9. The number of hydrogen-bond donors (Lipinski definition) is 0. The average molecular weight is 334 g/mol. The molecule has 112 valence electrons. The van der Waals surface area contributed by atoms with E-state index in [9.17, 15) is 9.59 Å². The van der Waals surface area contributed by atoms with Crippen LogP contribution in [0.15, 0.2) is 35.6 Å². The van der Waals surface area contributed by atoms with Crippen LogP contribution in [0.3, 0.4) is 0 Å². The molecule has 1 aromatic heterocycles. The quantitative estimate of drug-likeness (QED) is 0.480. The lowest BCUT2D eigenvalue weighted by molar-refractivity contribution is -0.119. The van der Waals surface area contributed by atoms with Gasteiger partial charge in [-0.05, 0) is 17.9 Å². The van der Waals surface area contributed by atoms with Crippen molar-refractivity contribution in [2.24, 2.45) is 0 Å². The Kier molecular flexibility index (Phi) is 3.88. The highest BCUT2D eigenvalue weighted by molar-refractivity contribution is 7.98. The summed E-state index contributed by atoms with van der Waals surface area (Å²) in [6, 6.07) is 6.87. The highest BCUT2D eigenvalue weighted by Gasteiger charge is 2.41. The minimum atomic E-state index is -0.949. The summed E-state index contributed by atoms with van der Waals surface area (Å²) in [5, 5.41) is 0.912. The van der Waals surface area contributed by atoms with Gasteiger partial charge in [-0.2, -0.15) is 0 Å². The average Bonchev–Trinajstić information content (AvgIpc) is 2.54. The van der Waals surface area contributed by atoms with Crippen LogP contribution in [0.5, 0.6) is 0 Å². The van der Waals surface area contributed by atoms with Gasteiger partial charge in [0, 0.05) is 18.3 Å². The largest absolute Gasteiger partial charge is 0.298 e. The molecular weight excluding hydrogens is 322 g/mol. The molecule has 7 heteroatoms. The Morgan fingerprint density at radius 2 is 2.00 bits per heavy atom. The van der Waals surface area contributed by atoms with Crippen LogP contribution in [0.25, 0.3) is 0 Å². The number of aromatic nitrogens is 2. The summed E-state index contributed by atoms with van der Waals surface area (Å²) in [5.41, 5.74) is 0.843. The molecule has 0 fully saturated rings. The highest BCUT2D eigenvalue weighted by atomic mass is 35.5. The fraction of sp³-hybridized carbons (Fsp3) is 0.200. The van der Waals surface area contributed by atoms with Gasteiger partial charge in [-0.1, -0.05) is 41.6 Å². The van der Waals surface area contributed by atoms with Crippen molar-refractivity contribution in [2.45, 2.75) is 11.1 Å². The smallest absolute Gasteiger partial charge is 0.243 e. The van der Waals surface area contributed by atoms with Gasteiger partial charge in [-0.3, -0.25) is 14.5 Å². The van der Waals surface area contributed by atoms with Crippen molar-refractivity contribution in [1.29, 1.82) is 0 Å². The summed E-state index contributed by atoms with van der Waals surface area (Å²) in [7, 11) is 1.61. The summed E-state index contributed by atoms with van der Waals surface area (Å²) in [6.07, 6.45) is 3.31. The normalized spacial score (nSPS) is 17.6. The van der Waals surface area contributed by atoms with Gasteiger partial charge in [0.1, 0.15) is 5.92 Å². The van der Waals surface area contributed by atoms with Crippen LogP contribution in [-0.2, 0) is 4.79 Å². The Morgan fingerprint density at radius 3 is 2.68 bits per heavy atom. The second kappa shape index (κ2) is 5.70. The monoisotopic (exact) mass is 333 g/mol. The minimum absolute atomic E-state index is 0.321. The van der Waals surface area contributed by atoms with Gasteiger partial charge in [0.05, 0.1) is 5.56 Å². The molecule has 5 nitrogen and oxygen atoms in total. The molecule has 2 heterocycles. The molecule has 0 radical (unpaired) electrons. The van der Waals surface area contributed by atoms with Crippen LogP contribution in [-0.4, -0.2) is 35.0 Å².